The van der Waals surface area contributed by atoms with E-state index in [1.54, 1.807) is 0 Å². The van der Waals surface area contributed by atoms with Gasteiger partial charge in [0.25, 0.3) is 0 Å². The van der Waals surface area contributed by atoms with Crippen molar-refractivity contribution in [3.63, 3.8) is 0 Å². The second-order valence-corrected chi connectivity index (χ2v) is 5.70. The summed E-state index contributed by atoms with van der Waals surface area (Å²) in [6.07, 6.45) is 5.43. The molecule has 1 fully saturated rings. The fourth-order valence-corrected chi connectivity index (χ4v) is 2.72. The van der Waals surface area contributed by atoms with Gasteiger partial charge in [-0.25, -0.2) is 13.8 Å². The van der Waals surface area contributed by atoms with Gasteiger partial charge in [0.2, 0.25) is 0 Å². The number of hydrogen-bond acceptors (Lipinski definition) is 4. The number of halogens is 2. The Balaban J connectivity index is 2.21. The highest BCUT2D eigenvalue weighted by atomic mass is 19.1. The van der Waals surface area contributed by atoms with Crippen molar-refractivity contribution < 1.29 is 13.9 Å². The van der Waals surface area contributed by atoms with Crippen LogP contribution in [0.4, 0.5) is 20.4 Å². The topological polar surface area (TPSA) is 57.2 Å². The average Bonchev–Trinajstić information content (AvgIpc) is 2.50. The summed E-state index contributed by atoms with van der Waals surface area (Å²) >= 11 is 0. The van der Waals surface area contributed by atoms with Crippen molar-refractivity contribution in [3.05, 3.63) is 17.7 Å². The van der Waals surface area contributed by atoms with Crippen molar-refractivity contribution in [1.29, 1.82) is 0 Å². The van der Waals surface area contributed by atoms with Crippen LogP contribution in [0.5, 0.6) is 0 Å². The van der Waals surface area contributed by atoms with E-state index in [0.717, 1.165) is 44.6 Å². The monoisotopic (exact) mass is 299 g/mol. The molecule has 2 rings (SSSR count). The number of aliphatic hydroxyl groups excluding tert-OH is 1. The average molecular weight is 299 g/mol. The highest BCUT2D eigenvalue weighted by molar-refractivity contribution is 5.49. The van der Waals surface area contributed by atoms with Crippen LogP contribution in [0.3, 0.4) is 0 Å². The van der Waals surface area contributed by atoms with E-state index in [4.69, 9.17) is 0 Å². The third-order valence-corrected chi connectivity index (χ3v) is 3.97. The fourth-order valence-electron chi connectivity index (χ4n) is 2.72. The first-order chi connectivity index (χ1) is 10.1. The summed E-state index contributed by atoms with van der Waals surface area (Å²) in [6, 6.07) is 0.835. The molecule has 1 aromatic heterocycles. The number of pyridine rings is 1. The quantitative estimate of drug-likeness (QED) is 0.754. The Kier molecular flexibility index (Phi) is 5.33. The molecule has 0 bridgehead atoms. The second-order valence-electron chi connectivity index (χ2n) is 5.70. The smallest absolute Gasteiger partial charge is 0.168 e. The molecule has 0 spiro atoms. The van der Waals surface area contributed by atoms with E-state index in [0.29, 0.717) is 6.54 Å². The van der Waals surface area contributed by atoms with E-state index in [1.807, 2.05) is 6.92 Å². The Morgan fingerprint density at radius 3 is 2.48 bits per heavy atom. The van der Waals surface area contributed by atoms with Gasteiger partial charge in [-0.3, -0.25) is 0 Å². The Hall–Kier alpha value is -1.43. The van der Waals surface area contributed by atoms with Crippen LogP contribution in [-0.4, -0.2) is 28.8 Å². The zero-order chi connectivity index (χ0) is 15.3. The third-order valence-electron chi connectivity index (χ3n) is 3.97. The van der Waals surface area contributed by atoms with Crippen LogP contribution in [0.2, 0.25) is 0 Å². The summed E-state index contributed by atoms with van der Waals surface area (Å²) in [7, 11) is 0. The van der Waals surface area contributed by atoms with Crippen LogP contribution in [0, 0.1) is 11.6 Å². The number of aromatic nitrogens is 1. The summed E-state index contributed by atoms with van der Waals surface area (Å²) in [5.74, 6) is -1.38. The number of rotatable bonds is 6. The molecule has 0 saturated heterocycles. The van der Waals surface area contributed by atoms with E-state index < -0.39 is 17.2 Å². The van der Waals surface area contributed by atoms with Crippen LogP contribution in [-0.2, 0) is 0 Å². The molecule has 0 unspecified atom stereocenters. The van der Waals surface area contributed by atoms with Gasteiger partial charge in [0.1, 0.15) is 0 Å². The van der Waals surface area contributed by atoms with Gasteiger partial charge in [-0.2, -0.15) is 0 Å². The molecule has 0 aromatic carbocycles. The molecule has 1 aromatic rings. The normalized spacial score (nSPS) is 17.5. The summed E-state index contributed by atoms with van der Waals surface area (Å²) in [5.41, 5.74) is -0.550. The van der Waals surface area contributed by atoms with Crippen molar-refractivity contribution in [2.24, 2.45) is 0 Å². The van der Waals surface area contributed by atoms with Crippen LogP contribution < -0.4 is 10.6 Å². The highest BCUT2D eigenvalue weighted by Gasteiger charge is 2.32. The molecule has 0 radical (unpaired) electrons. The van der Waals surface area contributed by atoms with Crippen LogP contribution >= 0.6 is 0 Å². The van der Waals surface area contributed by atoms with Crippen molar-refractivity contribution in [2.75, 3.05) is 23.8 Å². The minimum Gasteiger partial charge on any atom is -0.394 e. The van der Waals surface area contributed by atoms with Gasteiger partial charge in [0.05, 0.1) is 12.1 Å². The highest BCUT2D eigenvalue weighted by Crippen LogP contribution is 2.32. The minimum absolute atomic E-state index is 0.00551. The number of anilines is 2. The van der Waals surface area contributed by atoms with E-state index in [9.17, 15) is 13.9 Å². The lowest BCUT2D eigenvalue weighted by Crippen LogP contribution is -2.44. The first-order valence-corrected chi connectivity index (χ1v) is 7.59. The molecular formula is C15H23F2N3O. The molecular weight excluding hydrogens is 276 g/mol. The Morgan fingerprint density at radius 1 is 1.19 bits per heavy atom. The maximum atomic E-state index is 13.9. The lowest BCUT2D eigenvalue weighted by molar-refractivity contribution is 0.172. The molecule has 0 atom stereocenters. The Morgan fingerprint density at radius 2 is 1.86 bits per heavy atom. The van der Waals surface area contributed by atoms with E-state index in [2.05, 4.69) is 15.6 Å². The van der Waals surface area contributed by atoms with E-state index in [1.165, 1.54) is 0 Å². The van der Waals surface area contributed by atoms with Gasteiger partial charge in [-0.15, -0.1) is 0 Å². The van der Waals surface area contributed by atoms with Crippen molar-refractivity contribution in [1.82, 2.24) is 4.98 Å². The SMILES string of the molecule is CCCNc1nc(NC2(CO)CCCCC2)c(F)cc1F. The zero-order valence-electron chi connectivity index (χ0n) is 12.4. The summed E-state index contributed by atoms with van der Waals surface area (Å²) in [5, 5.41) is 15.5. The minimum atomic E-state index is -0.729. The molecule has 3 N–H and O–H groups in total. The van der Waals surface area contributed by atoms with Crippen molar-refractivity contribution >= 4 is 11.6 Å². The van der Waals surface area contributed by atoms with E-state index >= 15 is 0 Å². The maximum absolute atomic E-state index is 13.9. The van der Waals surface area contributed by atoms with E-state index in [-0.39, 0.29) is 18.2 Å². The number of aliphatic hydroxyl groups is 1. The largest absolute Gasteiger partial charge is 0.394 e. The van der Waals surface area contributed by atoms with Crippen molar-refractivity contribution in [2.45, 2.75) is 51.0 Å². The predicted octanol–water partition coefficient (Wildman–Crippen LogP) is 3.29. The molecule has 21 heavy (non-hydrogen) atoms. The summed E-state index contributed by atoms with van der Waals surface area (Å²) in [4.78, 5) is 4.01. The maximum Gasteiger partial charge on any atom is 0.168 e. The Bertz CT molecular complexity index is 476. The Labute approximate surface area is 124 Å². The molecule has 1 aliphatic rings. The van der Waals surface area contributed by atoms with Gasteiger partial charge in [0, 0.05) is 12.6 Å². The van der Waals surface area contributed by atoms with Gasteiger partial charge >= 0.3 is 0 Å². The van der Waals surface area contributed by atoms with Gasteiger partial charge in [-0.05, 0) is 19.3 Å². The molecule has 0 amide bonds. The second kappa shape index (κ2) is 7.02. The standard InChI is InChI=1S/C15H23F2N3O/c1-2-8-18-13-11(16)9-12(17)14(19-13)20-15(10-21)6-4-3-5-7-15/h9,21H,2-8,10H2,1H3,(H2,18,19,20). The molecule has 1 saturated carbocycles. The summed E-state index contributed by atoms with van der Waals surface area (Å²) < 4.78 is 27.6. The predicted molar refractivity (Wildman–Crippen MR) is 79.5 cm³/mol. The molecule has 4 nitrogen and oxygen atoms in total. The van der Waals surface area contributed by atoms with Gasteiger partial charge in [0.15, 0.2) is 23.3 Å². The van der Waals surface area contributed by atoms with Crippen molar-refractivity contribution in [3.8, 4) is 0 Å². The molecule has 6 heteroatoms. The van der Waals surface area contributed by atoms with Crippen LogP contribution in [0.25, 0.3) is 0 Å². The van der Waals surface area contributed by atoms with Gasteiger partial charge < -0.3 is 15.7 Å². The molecule has 0 aliphatic heterocycles. The number of nitrogens with one attached hydrogen (secondary N) is 2. The number of nitrogens with zero attached hydrogens (tertiary/aromatic N) is 1. The molecule has 1 heterocycles. The zero-order valence-corrected chi connectivity index (χ0v) is 12.4. The summed E-state index contributed by atoms with van der Waals surface area (Å²) in [6.45, 7) is 2.44. The van der Waals surface area contributed by atoms with Crippen LogP contribution in [0.1, 0.15) is 45.4 Å². The first-order valence-electron chi connectivity index (χ1n) is 7.59. The third kappa shape index (κ3) is 3.81. The number of hydrogen-bond donors (Lipinski definition) is 3. The first kappa shape index (κ1) is 15.9. The lowest BCUT2D eigenvalue weighted by atomic mass is 9.82. The fraction of sp³-hybridized carbons (Fsp3) is 0.667. The van der Waals surface area contributed by atoms with Gasteiger partial charge in [-0.1, -0.05) is 26.2 Å². The van der Waals surface area contributed by atoms with Crippen LogP contribution in [0.15, 0.2) is 6.07 Å². The molecule has 1 aliphatic carbocycles. The lowest BCUT2D eigenvalue weighted by Gasteiger charge is -2.37. The molecule has 118 valence electrons.